The van der Waals surface area contributed by atoms with Crippen LogP contribution in [0.25, 0.3) is 0 Å². The summed E-state index contributed by atoms with van der Waals surface area (Å²) in [6.07, 6.45) is 4.43. The number of aryl methyl sites for hydroxylation is 2. The first kappa shape index (κ1) is 11.9. The molecule has 0 fully saturated rings. The largest absolute Gasteiger partial charge is 0.369 e. The molecule has 0 bridgehead atoms. The van der Waals surface area contributed by atoms with Gasteiger partial charge in [-0.2, -0.15) is 5.26 Å². The zero-order valence-corrected chi connectivity index (χ0v) is 10.6. The minimum atomic E-state index is 0.608. The Kier molecular flexibility index (Phi) is 3.63. The van der Waals surface area contributed by atoms with Gasteiger partial charge >= 0.3 is 0 Å². The molecular weight excluding hydrogens is 210 g/mol. The van der Waals surface area contributed by atoms with Crippen LogP contribution in [0.3, 0.4) is 0 Å². The van der Waals surface area contributed by atoms with Gasteiger partial charge in [-0.25, -0.2) is 4.98 Å². The van der Waals surface area contributed by atoms with Crippen LogP contribution >= 0.6 is 0 Å². The van der Waals surface area contributed by atoms with Crippen LogP contribution in [-0.4, -0.2) is 11.5 Å². The molecule has 1 aromatic heterocycles. The predicted octanol–water partition coefficient (Wildman–Crippen LogP) is 2.90. The fourth-order valence-electron chi connectivity index (χ4n) is 2.11. The van der Waals surface area contributed by atoms with Gasteiger partial charge in [0, 0.05) is 12.2 Å². The summed E-state index contributed by atoms with van der Waals surface area (Å²) in [5.41, 5.74) is 3.13. The molecule has 17 heavy (non-hydrogen) atoms. The zero-order valence-electron chi connectivity index (χ0n) is 10.6. The molecule has 1 aliphatic carbocycles. The molecule has 1 atom stereocenters. The van der Waals surface area contributed by atoms with Crippen molar-refractivity contribution in [2.45, 2.75) is 39.5 Å². The first-order chi connectivity index (χ1) is 8.24. The molecule has 90 valence electrons. The highest BCUT2D eigenvalue weighted by Gasteiger charge is 2.16. The quantitative estimate of drug-likeness (QED) is 0.863. The smallest absolute Gasteiger partial charge is 0.144 e. The number of nitrogens with zero attached hydrogens (tertiary/aromatic N) is 2. The summed E-state index contributed by atoms with van der Waals surface area (Å²) in [5.74, 6) is 1.38. The Hall–Kier alpha value is -1.56. The molecule has 1 N–H and O–H groups in total. The monoisotopic (exact) mass is 229 g/mol. The second-order valence-corrected chi connectivity index (χ2v) is 4.85. The molecule has 1 aromatic rings. The molecule has 3 nitrogen and oxygen atoms in total. The lowest BCUT2D eigenvalue weighted by Crippen LogP contribution is -2.13. The van der Waals surface area contributed by atoms with E-state index in [2.05, 4.69) is 30.2 Å². The Morgan fingerprint density at radius 2 is 2.35 bits per heavy atom. The number of aromatic nitrogens is 1. The number of nitriles is 1. The van der Waals surface area contributed by atoms with Crippen LogP contribution < -0.4 is 5.32 Å². The fourth-order valence-corrected chi connectivity index (χ4v) is 2.11. The lowest BCUT2D eigenvalue weighted by molar-refractivity contribution is 0.592. The Morgan fingerprint density at radius 1 is 1.53 bits per heavy atom. The van der Waals surface area contributed by atoms with Crippen LogP contribution in [-0.2, 0) is 12.8 Å². The zero-order chi connectivity index (χ0) is 12.3. The fraction of sp³-hybridized carbons (Fsp3) is 0.571. The standard InChI is InChI=1S/C14H19N3/c1-3-10(2)9-16-14-12(8-15)7-11-5-4-6-13(11)17-14/h7,10H,3-6,9H2,1-2H3,(H,16,17). The predicted molar refractivity (Wildman–Crippen MR) is 68.9 cm³/mol. The van der Waals surface area contributed by atoms with Crippen LogP contribution in [0, 0.1) is 17.2 Å². The van der Waals surface area contributed by atoms with Gasteiger partial charge in [0.15, 0.2) is 0 Å². The minimum absolute atomic E-state index is 0.608. The number of rotatable bonds is 4. The molecule has 3 heteroatoms. The summed E-state index contributed by atoms with van der Waals surface area (Å²) >= 11 is 0. The van der Waals surface area contributed by atoms with E-state index < -0.39 is 0 Å². The van der Waals surface area contributed by atoms with E-state index in [9.17, 15) is 0 Å². The first-order valence-electron chi connectivity index (χ1n) is 6.41. The van der Waals surface area contributed by atoms with Crippen LogP contribution in [0.4, 0.5) is 5.82 Å². The number of anilines is 1. The van der Waals surface area contributed by atoms with E-state index in [-0.39, 0.29) is 0 Å². The normalized spacial score (nSPS) is 15.1. The molecule has 1 heterocycles. The van der Waals surface area contributed by atoms with Crippen molar-refractivity contribution in [3.8, 4) is 6.07 Å². The van der Waals surface area contributed by atoms with Crippen molar-refractivity contribution < 1.29 is 0 Å². The molecular formula is C14H19N3. The molecule has 0 amide bonds. The van der Waals surface area contributed by atoms with Crippen molar-refractivity contribution >= 4 is 5.82 Å². The van der Waals surface area contributed by atoms with E-state index in [1.165, 1.54) is 17.7 Å². The van der Waals surface area contributed by atoms with Crippen molar-refractivity contribution in [1.29, 1.82) is 5.26 Å². The van der Waals surface area contributed by atoms with Crippen molar-refractivity contribution in [2.24, 2.45) is 5.92 Å². The lowest BCUT2D eigenvalue weighted by atomic mass is 10.1. The molecule has 0 saturated carbocycles. The minimum Gasteiger partial charge on any atom is -0.369 e. The number of hydrogen-bond acceptors (Lipinski definition) is 3. The van der Waals surface area contributed by atoms with Crippen LogP contribution in [0.15, 0.2) is 6.07 Å². The van der Waals surface area contributed by atoms with Gasteiger partial charge in [-0.05, 0) is 36.8 Å². The second-order valence-electron chi connectivity index (χ2n) is 4.85. The van der Waals surface area contributed by atoms with E-state index in [1.54, 1.807) is 0 Å². The molecule has 0 spiro atoms. The Balaban J connectivity index is 2.18. The van der Waals surface area contributed by atoms with Crippen LogP contribution in [0.5, 0.6) is 0 Å². The van der Waals surface area contributed by atoms with Gasteiger partial charge in [0.2, 0.25) is 0 Å². The van der Waals surface area contributed by atoms with Gasteiger partial charge in [0.05, 0.1) is 5.56 Å². The van der Waals surface area contributed by atoms with E-state index in [0.717, 1.165) is 31.6 Å². The molecule has 2 rings (SSSR count). The number of fused-ring (bicyclic) bond motifs is 1. The maximum Gasteiger partial charge on any atom is 0.144 e. The summed E-state index contributed by atoms with van der Waals surface area (Å²) in [7, 11) is 0. The van der Waals surface area contributed by atoms with Crippen molar-refractivity contribution in [2.75, 3.05) is 11.9 Å². The molecule has 0 aliphatic heterocycles. The van der Waals surface area contributed by atoms with Gasteiger partial charge in [-0.3, -0.25) is 0 Å². The summed E-state index contributed by atoms with van der Waals surface area (Å²) in [4.78, 5) is 4.60. The number of pyridine rings is 1. The SMILES string of the molecule is CCC(C)CNc1nc2c(cc1C#N)CCC2. The Morgan fingerprint density at radius 3 is 3.06 bits per heavy atom. The molecule has 0 saturated heterocycles. The van der Waals surface area contributed by atoms with Gasteiger partial charge in [0.1, 0.15) is 11.9 Å². The van der Waals surface area contributed by atoms with Crippen LogP contribution in [0.2, 0.25) is 0 Å². The highest BCUT2D eigenvalue weighted by atomic mass is 15.0. The molecule has 1 aliphatic rings. The maximum absolute atomic E-state index is 9.14. The van der Waals surface area contributed by atoms with Gasteiger partial charge < -0.3 is 5.32 Å². The van der Waals surface area contributed by atoms with Crippen LogP contribution in [0.1, 0.15) is 43.5 Å². The lowest BCUT2D eigenvalue weighted by Gasteiger charge is -2.13. The number of hydrogen-bond donors (Lipinski definition) is 1. The highest BCUT2D eigenvalue weighted by Crippen LogP contribution is 2.25. The summed E-state index contributed by atoms with van der Waals surface area (Å²) in [5, 5.41) is 12.5. The van der Waals surface area contributed by atoms with Gasteiger partial charge in [0.25, 0.3) is 0 Å². The second kappa shape index (κ2) is 5.18. The third-order valence-corrected chi connectivity index (χ3v) is 3.49. The van der Waals surface area contributed by atoms with Gasteiger partial charge in [-0.15, -0.1) is 0 Å². The third kappa shape index (κ3) is 2.58. The Labute approximate surface area is 103 Å². The topological polar surface area (TPSA) is 48.7 Å². The highest BCUT2D eigenvalue weighted by molar-refractivity contribution is 5.55. The summed E-state index contributed by atoms with van der Waals surface area (Å²) < 4.78 is 0. The third-order valence-electron chi connectivity index (χ3n) is 3.49. The first-order valence-corrected chi connectivity index (χ1v) is 6.41. The average molecular weight is 229 g/mol. The van der Waals surface area contributed by atoms with Crippen molar-refractivity contribution in [1.82, 2.24) is 4.98 Å². The van der Waals surface area contributed by atoms with E-state index in [4.69, 9.17) is 5.26 Å². The Bertz CT molecular complexity index is 446. The summed E-state index contributed by atoms with van der Waals surface area (Å²) in [6, 6.07) is 4.25. The van der Waals surface area contributed by atoms with E-state index >= 15 is 0 Å². The van der Waals surface area contributed by atoms with Crippen molar-refractivity contribution in [3.05, 3.63) is 22.9 Å². The molecule has 0 radical (unpaired) electrons. The van der Waals surface area contributed by atoms with E-state index in [1.807, 2.05) is 6.07 Å². The van der Waals surface area contributed by atoms with Gasteiger partial charge in [-0.1, -0.05) is 20.3 Å². The van der Waals surface area contributed by atoms with E-state index in [0.29, 0.717) is 11.5 Å². The average Bonchev–Trinajstić information content (AvgIpc) is 2.81. The molecule has 1 unspecified atom stereocenters. The van der Waals surface area contributed by atoms with Crippen molar-refractivity contribution in [3.63, 3.8) is 0 Å². The summed E-state index contributed by atoms with van der Waals surface area (Å²) in [6.45, 7) is 5.26. The molecule has 0 aromatic carbocycles. The maximum atomic E-state index is 9.14. The number of nitrogens with one attached hydrogen (secondary N) is 1.